The molecule has 1 aliphatic rings. The summed E-state index contributed by atoms with van der Waals surface area (Å²) in [7, 11) is 0. The van der Waals surface area contributed by atoms with E-state index in [2.05, 4.69) is 4.98 Å². The minimum atomic E-state index is -0.960. The number of ether oxygens (including phenoxy) is 1. The number of rotatable bonds is 3. The molecular formula is C19H16N2O3S. The van der Waals surface area contributed by atoms with E-state index in [0.29, 0.717) is 18.2 Å². The zero-order chi connectivity index (χ0) is 17.2. The van der Waals surface area contributed by atoms with Gasteiger partial charge in [0.1, 0.15) is 16.4 Å². The summed E-state index contributed by atoms with van der Waals surface area (Å²) in [6, 6.07) is 15.3. The minimum Gasteiger partial charge on any atom is -0.491 e. The molecule has 0 bridgehead atoms. The van der Waals surface area contributed by atoms with E-state index in [9.17, 15) is 9.90 Å². The van der Waals surface area contributed by atoms with E-state index in [4.69, 9.17) is 4.74 Å². The highest BCUT2D eigenvalue weighted by Gasteiger charge is 2.24. The quantitative estimate of drug-likeness (QED) is 0.757. The normalized spacial score (nSPS) is 12.5. The van der Waals surface area contributed by atoms with E-state index in [0.717, 1.165) is 33.9 Å². The van der Waals surface area contributed by atoms with E-state index in [1.54, 1.807) is 6.20 Å². The molecule has 0 saturated heterocycles. The number of hydrogen-bond donors (Lipinski definition) is 1. The number of hydrogen-bond acceptors (Lipinski definition) is 4. The fourth-order valence-corrected chi connectivity index (χ4v) is 4.09. The molecule has 0 unspecified atom stereocenters. The molecule has 1 aromatic carbocycles. The van der Waals surface area contributed by atoms with Gasteiger partial charge in [-0.2, -0.15) is 0 Å². The summed E-state index contributed by atoms with van der Waals surface area (Å²) in [6.07, 6.45) is 1.51. The van der Waals surface area contributed by atoms with Crippen LogP contribution in [-0.4, -0.2) is 22.8 Å². The third kappa shape index (κ3) is 3.08. The second-order valence-electron chi connectivity index (χ2n) is 5.74. The molecule has 126 valence electrons. The van der Waals surface area contributed by atoms with Crippen molar-refractivity contribution in [3.8, 4) is 16.3 Å². The topological polar surface area (TPSA) is 62.7 Å². The number of pyridine rings is 1. The molecule has 1 amide bonds. The first-order valence-electron chi connectivity index (χ1n) is 7.97. The number of aromatic nitrogens is 1. The van der Waals surface area contributed by atoms with Crippen molar-refractivity contribution in [2.75, 3.05) is 11.5 Å². The lowest BCUT2D eigenvalue weighted by Gasteiger charge is -2.17. The van der Waals surface area contributed by atoms with Crippen LogP contribution in [0.15, 0.2) is 54.7 Å². The summed E-state index contributed by atoms with van der Waals surface area (Å²) in [6.45, 7) is 0.884. The standard InChI is InChI=1S/C19H16N2O3S/c22-19(23)21(12-13-5-2-1-3-6-13)16-11-14-8-10-24-15-7-4-9-20-17(15)18(14)25-16/h1-7,9,11H,8,10,12H2,(H,22,23). The van der Waals surface area contributed by atoms with E-state index in [1.807, 2.05) is 48.5 Å². The fraction of sp³-hybridized carbons (Fsp3) is 0.158. The first-order valence-corrected chi connectivity index (χ1v) is 8.79. The van der Waals surface area contributed by atoms with Crippen LogP contribution in [0.2, 0.25) is 0 Å². The zero-order valence-corrected chi connectivity index (χ0v) is 14.2. The summed E-state index contributed by atoms with van der Waals surface area (Å²) in [4.78, 5) is 18.6. The summed E-state index contributed by atoms with van der Waals surface area (Å²) >= 11 is 1.45. The lowest BCUT2D eigenvalue weighted by molar-refractivity contribution is 0.201. The number of amides is 1. The highest BCUT2D eigenvalue weighted by molar-refractivity contribution is 7.19. The monoisotopic (exact) mass is 352 g/mol. The molecule has 6 heteroatoms. The maximum Gasteiger partial charge on any atom is 0.412 e. The van der Waals surface area contributed by atoms with Crippen LogP contribution in [0.5, 0.6) is 5.75 Å². The third-order valence-electron chi connectivity index (χ3n) is 4.09. The molecule has 0 atom stereocenters. The van der Waals surface area contributed by atoms with Gasteiger partial charge < -0.3 is 9.84 Å². The van der Waals surface area contributed by atoms with E-state index in [1.165, 1.54) is 16.2 Å². The van der Waals surface area contributed by atoms with Crippen LogP contribution in [-0.2, 0) is 13.0 Å². The van der Waals surface area contributed by atoms with Crippen LogP contribution in [0.25, 0.3) is 10.6 Å². The molecule has 2 aromatic heterocycles. The van der Waals surface area contributed by atoms with Crippen LogP contribution in [0, 0.1) is 0 Å². The Hall–Kier alpha value is -2.86. The second kappa shape index (κ2) is 6.57. The number of fused-ring (bicyclic) bond motifs is 3. The molecule has 0 spiro atoms. The van der Waals surface area contributed by atoms with Gasteiger partial charge in [-0.05, 0) is 29.3 Å². The van der Waals surface area contributed by atoms with Crippen LogP contribution >= 0.6 is 11.3 Å². The number of carboxylic acid groups (broad SMARTS) is 1. The molecule has 0 fully saturated rings. The van der Waals surface area contributed by atoms with Crippen molar-refractivity contribution in [3.63, 3.8) is 0 Å². The fourth-order valence-electron chi connectivity index (χ4n) is 2.89. The Kier molecular flexibility index (Phi) is 4.11. The maximum absolute atomic E-state index is 11.8. The van der Waals surface area contributed by atoms with Crippen molar-refractivity contribution in [1.82, 2.24) is 4.98 Å². The summed E-state index contributed by atoms with van der Waals surface area (Å²) in [5, 5.41) is 10.4. The molecule has 3 heterocycles. The smallest absolute Gasteiger partial charge is 0.412 e. The summed E-state index contributed by atoms with van der Waals surface area (Å²) in [5.74, 6) is 0.750. The molecule has 25 heavy (non-hydrogen) atoms. The van der Waals surface area contributed by atoms with Crippen molar-refractivity contribution in [2.24, 2.45) is 0 Å². The Labute approximate surface area is 149 Å². The minimum absolute atomic E-state index is 0.321. The zero-order valence-electron chi connectivity index (χ0n) is 13.4. The van der Waals surface area contributed by atoms with Crippen molar-refractivity contribution in [1.29, 1.82) is 0 Å². The molecule has 1 aliphatic heterocycles. The van der Waals surface area contributed by atoms with Gasteiger partial charge in [0.2, 0.25) is 0 Å². The molecule has 4 rings (SSSR count). The number of benzene rings is 1. The number of nitrogens with zero attached hydrogens (tertiary/aromatic N) is 2. The average molecular weight is 352 g/mol. The molecule has 5 nitrogen and oxygen atoms in total. The third-order valence-corrected chi connectivity index (χ3v) is 5.30. The van der Waals surface area contributed by atoms with Gasteiger partial charge >= 0.3 is 6.09 Å². The molecule has 3 aromatic rings. The molecule has 0 radical (unpaired) electrons. The van der Waals surface area contributed by atoms with Gasteiger partial charge in [-0.15, -0.1) is 11.3 Å². The summed E-state index contributed by atoms with van der Waals surface area (Å²) in [5.41, 5.74) is 2.82. The Morgan fingerprint density at radius 3 is 2.88 bits per heavy atom. The second-order valence-corrected chi connectivity index (χ2v) is 6.77. The first kappa shape index (κ1) is 15.7. The van der Waals surface area contributed by atoms with Crippen LogP contribution in [0.4, 0.5) is 9.80 Å². The Morgan fingerprint density at radius 2 is 2.08 bits per heavy atom. The number of carbonyl (C=O) groups is 1. The maximum atomic E-state index is 11.8. The summed E-state index contributed by atoms with van der Waals surface area (Å²) < 4.78 is 5.75. The van der Waals surface area contributed by atoms with Gasteiger partial charge in [0, 0.05) is 12.6 Å². The lowest BCUT2D eigenvalue weighted by atomic mass is 10.1. The van der Waals surface area contributed by atoms with Crippen LogP contribution in [0.1, 0.15) is 11.1 Å². The van der Waals surface area contributed by atoms with E-state index < -0.39 is 6.09 Å². The molecule has 0 saturated carbocycles. The SMILES string of the molecule is O=C(O)N(Cc1ccccc1)c1cc2c(s1)-c1ncccc1OCC2. The van der Waals surface area contributed by atoms with E-state index in [-0.39, 0.29) is 0 Å². The predicted molar refractivity (Wildman–Crippen MR) is 97.4 cm³/mol. The molecule has 1 N–H and O–H groups in total. The Bertz CT molecular complexity index is 908. The van der Waals surface area contributed by atoms with Gasteiger partial charge in [-0.25, -0.2) is 4.79 Å². The van der Waals surface area contributed by atoms with Crippen LogP contribution < -0.4 is 9.64 Å². The Morgan fingerprint density at radius 1 is 1.24 bits per heavy atom. The van der Waals surface area contributed by atoms with Crippen molar-refractivity contribution < 1.29 is 14.6 Å². The Balaban J connectivity index is 1.73. The molecule has 0 aliphatic carbocycles. The highest BCUT2D eigenvalue weighted by atomic mass is 32.1. The number of thiophene rings is 1. The molecular weight excluding hydrogens is 336 g/mol. The first-order chi connectivity index (χ1) is 12.2. The van der Waals surface area contributed by atoms with Crippen molar-refractivity contribution >= 4 is 22.4 Å². The average Bonchev–Trinajstić information content (AvgIpc) is 2.96. The largest absolute Gasteiger partial charge is 0.491 e. The van der Waals surface area contributed by atoms with Gasteiger partial charge in [0.15, 0.2) is 0 Å². The van der Waals surface area contributed by atoms with Gasteiger partial charge in [-0.1, -0.05) is 30.3 Å². The lowest BCUT2D eigenvalue weighted by Crippen LogP contribution is -2.27. The van der Waals surface area contributed by atoms with E-state index >= 15 is 0 Å². The van der Waals surface area contributed by atoms with Gasteiger partial charge in [-0.3, -0.25) is 9.88 Å². The van der Waals surface area contributed by atoms with Gasteiger partial charge in [0.25, 0.3) is 0 Å². The van der Waals surface area contributed by atoms with Crippen LogP contribution in [0.3, 0.4) is 0 Å². The number of anilines is 1. The predicted octanol–water partition coefficient (Wildman–Crippen LogP) is 4.43. The highest BCUT2D eigenvalue weighted by Crippen LogP contribution is 2.42. The van der Waals surface area contributed by atoms with Crippen molar-refractivity contribution in [3.05, 3.63) is 65.9 Å². The van der Waals surface area contributed by atoms with Gasteiger partial charge in [0.05, 0.1) is 18.0 Å². The van der Waals surface area contributed by atoms with Crippen molar-refractivity contribution in [2.45, 2.75) is 13.0 Å².